The number of nitrogen functional groups attached to an aromatic ring is 1. The van der Waals surface area contributed by atoms with Crippen molar-refractivity contribution in [2.75, 3.05) is 12.3 Å². The van der Waals surface area contributed by atoms with Crippen molar-refractivity contribution in [3.63, 3.8) is 0 Å². The maximum absolute atomic E-state index is 13.9. The smallest absolute Gasteiger partial charge is 0.459 e. The van der Waals surface area contributed by atoms with Gasteiger partial charge in [0.2, 0.25) is 5.28 Å². The van der Waals surface area contributed by atoms with E-state index in [1.54, 1.807) is 42.5 Å². The Morgan fingerprint density at radius 2 is 1.83 bits per heavy atom. The second-order valence-corrected chi connectivity index (χ2v) is 11.4. The van der Waals surface area contributed by atoms with E-state index >= 15 is 0 Å². The lowest BCUT2D eigenvalue weighted by atomic mass is 10.1. The van der Waals surface area contributed by atoms with Crippen molar-refractivity contribution in [2.45, 2.75) is 44.1 Å². The molecule has 2 aromatic carbocycles. The van der Waals surface area contributed by atoms with E-state index < -0.39 is 50.9 Å². The lowest BCUT2D eigenvalue weighted by molar-refractivity contribution is -0.146. The summed E-state index contributed by atoms with van der Waals surface area (Å²) < 4.78 is 37.6. The maximum atomic E-state index is 13.9. The number of anilines is 1. The van der Waals surface area contributed by atoms with Gasteiger partial charge in [0.1, 0.15) is 43.0 Å². The molecule has 6 atom stereocenters. The molecular weight excluding hydrogens is 591 g/mol. The van der Waals surface area contributed by atoms with Gasteiger partial charge >= 0.3 is 13.7 Å². The van der Waals surface area contributed by atoms with Crippen LogP contribution in [0.4, 0.5) is 5.82 Å². The Morgan fingerprint density at radius 3 is 2.55 bits per heavy atom. The normalized spacial score (nSPS) is 22.5. The first-order valence-corrected chi connectivity index (χ1v) is 14.7. The summed E-state index contributed by atoms with van der Waals surface area (Å²) >= 11 is 6.28. The minimum atomic E-state index is -4.29. The molecule has 4 aromatic rings. The van der Waals surface area contributed by atoms with Gasteiger partial charge in [-0.2, -0.15) is 5.09 Å². The number of carbonyl (C=O) groups is 1. The van der Waals surface area contributed by atoms with E-state index in [-0.39, 0.29) is 34.6 Å². The Labute approximate surface area is 245 Å². The zero-order valence-corrected chi connectivity index (χ0v) is 23.8. The summed E-state index contributed by atoms with van der Waals surface area (Å²) in [5, 5.41) is 24.0. The number of imidazole rings is 1. The van der Waals surface area contributed by atoms with Gasteiger partial charge in [-0.05, 0) is 36.2 Å². The van der Waals surface area contributed by atoms with Gasteiger partial charge in [-0.3, -0.25) is 13.9 Å². The molecule has 222 valence electrons. The van der Waals surface area contributed by atoms with Crippen molar-refractivity contribution >= 4 is 42.3 Å². The number of ether oxygens (including phenoxy) is 2. The third-order valence-corrected chi connectivity index (χ3v) is 8.27. The number of aliphatic hydroxyl groups excluding tert-OH is 2. The highest BCUT2D eigenvalue weighted by Crippen LogP contribution is 2.46. The molecule has 0 spiro atoms. The largest absolute Gasteiger partial charge is 0.460 e. The first-order chi connectivity index (χ1) is 20.1. The molecule has 16 heteroatoms. The van der Waals surface area contributed by atoms with Crippen molar-refractivity contribution in [3.8, 4) is 5.75 Å². The standard InChI is InChI=1S/C26H28ClN6O8P/c1-15(25(36)38-12-16-8-4-2-5-9-16)32-42(37,41-17-10-6-3-7-11-17)39-13-18-20(34)21(35)24(40-18)33-23-19(31-26(33)27)22(28)29-14-30-23/h2-11,14-15,18,20-21,24,34-35H,12-13H2,1H3,(H,32,37)(H2,28,29,30)/t15-,18+,20?,21-,24+,42?/m0/s1. The molecule has 1 aliphatic heterocycles. The molecule has 1 aliphatic rings. The number of rotatable bonds is 11. The number of nitrogens with one attached hydrogen (secondary N) is 1. The SMILES string of the molecule is C[C@H](NP(=O)(OC[C@H]1O[C@@H](n2c(Cl)nc3c(N)ncnc32)[C@@H](O)C1O)Oc1ccccc1)C(=O)OCc1ccccc1. The second kappa shape index (κ2) is 12.7. The van der Waals surface area contributed by atoms with E-state index in [0.717, 1.165) is 5.56 Å². The molecule has 1 fully saturated rings. The molecule has 1 saturated heterocycles. The first kappa shape index (κ1) is 29.9. The number of nitrogens with zero attached hydrogens (tertiary/aromatic N) is 4. The van der Waals surface area contributed by atoms with Gasteiger partial charge in [0.15, 0.2) is 23.2 Å². The van der Waals surface area contributed by atoms with Gasteiger partial charge in [0.25, 0.3) is 0 Å². The van der Waals surface area contributed by atoms with Crippen molar-refractivity contribution in [3.05, 3.63) is 77.8 Å². The summed E-state index contributed by atoms with van der Waals surface area (Å²) in [6, 6.07) is 16.1. The topological polar surface area (TPSA) is 193 Å². The summed E-state index contributed by atoms with van der Waals surface area (Å²) in [6.07, 6.45) is -4.25. The van der Waals surface area contributed by atoms with E-state index in [1.807, 2.05) is 18.2 Å². The van der Waals surface area contributed by atoms with Crippen molar-refractivity contribution in [2.24, 2.45) is 0 Å². The number of carbonyl (C=O) groups excluding carboxylic acids is 1. The molecule has 5 rings (SSSR count). The summed E-state index contributed by atoms with van der Waals surface area (Å²) in [5.41, 5.74) is 6.99. The number of aromatic nitrogens is 4. The molecule has 42 heavy (non-hydrogen) atoms. The van der Waals surface area contributed by atoms with Gasteiger partial charge in [-0.25, -0.2) is 19.5 Å². The average molecular weight is 619 g/mol. The molecule has 0 saturated carbocycles. The molecular formula is C26H28ClN6O8P. The van der Waals surface area contributed by atoms with Crippen molar-refractivity contribution < 1.29 is 38.1 Å². The number of hydrogen-bond acceptors (Lipinski definition) is 12. The van der Waals surface area contributed by atoms with Crippen LogP contribution >= 0.6 is 19.3 Å². The van der Waals surface area contributed by atoms with Crippen LogP contribution in [0.15, 0.2) is 67.0 Å². The lowest BCUT2D eigenvalue weighted by Crippen LogP contribution is -2.37. The summed E-state index contributed by atoms with van der Waals surface area (Å²) in [5.74, 6) is -0.442. The van der Waals surface area contributed by atoms with Crippen LogP contribution in [0.25, 0.3) is 11.2 Å². The molecule has 14 nitrogen and oxygen atoms in total. The van der Waals surface area contributed by atoms with Crippen molar-refractivity contribution in [1.82, 2.24) is 24.6 Å². The highest BCUT2D eigenvalue weighted by atomic mass is 35.5. The van der Waals surface area contributed by atoms with Gasteiger partial charge in [0.05, 0.1) is 6.61 Å². The third-order valence-electron chi connectivity index (χ3n) is 6.36. The van der Waals surface area contributed by atoms with Crippen molar-refractivity contribution in [1.29, 1.82) is 0 Å². The molecule has 0 amide bonds. The Kier molecular flexibility index (Phi) is 9.04. The molecule has 0 aliphatic carbocycles. The molecule has 5 N–H and O–H groups in total. The van der Waals surface area contributed by atoms with E-state index in [2.05, 4.69) is 20.0 Å². The maximum Gasteiger partial charge on any atom is 0.459 e. The molecule has 0 radical (unpaired) electrons. The summed E-state index contributed by atoms with van der Waals surface area (Å²) in [6.45, 7) is 0.941. The highest BCUT2D eigenvalue weighted by Gasteiger charge is 2.46. The third kappa shape index (κ3) is 6.55. The molecule has 2 aromatic heterocycles. The zero-order chi connectivity index (χ0) is 29.9. The second-order valence-electron chi connectivity index (χ2n) is 9.37. The number of aliphatic hydroxyl groups is 2. The van der Waals surface area contributed by atoms with Crippen LogP contribution in [0.3, 0.4) is 0 Å². The molecule has 2 unspecified atom stereocenters. The van der Waals surface area contributed by atoms with Crippen LogP contribution < -0.4 is 15.3 Å². The quantitative estimate of drug-likeness (QED) is 0.109. The number of halogens is 1. The zero-order valence-electron chi connectivity index (χ0n) is 22.2. The number of nitrogens with two attached hydrogens (primary N) is 1. The lowest BCUT2D eigenvalue weighted by Gasteiger charge is -2.24. The van der Waals surface area contributed by atoms with Crippen LogP contribution in [0.1, 0.15) is 18.7 Å². The van der Waals surface area contributed by atoms with Crippen LogP contribution in [0.2, 0.25) is 5.28 Å². The fraction of sp³-hybridized carbons (Fsp3) is 0.308. The van der Waals surface area contributed by atoms with Crippen LogP contribution in [-0.4, -0.2) is 66.7 Å². The predicted octanol–water partition coefficient (Wildman–Crippen LogP) is 2.61. The Bertz CT molecular complexity index is 1580. The molecule has 3 heterocycles. The minimum Gasteiger partial charge on any atom is -0.460 e. The number of fused-ring (bicyclic) bond motifs is 1. The number of hydrogen-bond donors (Lipinski definition) is 4. The van der Waals surface area contributed by atoms with Crippen LogP contribution in [-0.2, 0) is 30.0 Å². The van der Waals surface area contributed by atoms with E-state index in [0.29, 0.717) is 0 Å². The summed E-state index contributed by atoms with van der Waals surface area (Å²) in [4.78, 5) is 24.8. The van der Waals surface area contributed by atoms with Gasteiger partial charge in [0, 0.05) is 0 Å². The van der Waals surface area contributed by atoms with Gasteiger partial charge in [-0.1, -0.05) is 48.5 Å². The number of para-hydroxylation sites is 1. The highest BCUT2D eigenvalue weighted by molar-refractivity contribution is 7.52. The number of benzene rings is 2. The Morgan fingerprint density at radius 1 is 1.14 bits per heavy atom. The fourth-order valence-electron chi connectivity index (χ4n) is 4.23. The van der Waals surface area contributed by atoms with Gasteiger partial charge < -0.3 is 29.9 Å². The number of esters is 1. The fourth-order valence-corrected chi connectivity index (χ4v) is 5.99. The predicted molar refractivity (Wildman–Crippen MR) is 150 cm³/mol. The molecule has 0 bridgehead atoms. The Balaban J connectivity index is 1.30. The first-order valence-electron chi connectivity index (χ1n) is 12.8. The van der Waals surface area contributed by atoms with Gasteiger partial charge in [-0.15, -0.1) is 0 Å². The van der Waals surface area contributed by atoms with E-state index in [9.17, 15) is 19.6 Å². The monoisotopic (exact) mass is 618 g/mol. The van der Waals surface area contributed by atoms with E-state index in [4.69, 9.17) is 35.9 Å². The Hall–Kier alpha value is -3.62. The minimum absolute atomic E-state index is 0.0137. The average Bonchev–Trinajstić information content (AvgIpc) is 3.46. The van der Waals surface area contributed by atoms with E-state index in [1.165, 1.54) is 17.8 Å². The van der Waals surface area contributed by atoms with Crippen LogP contribution in [0, 0.1) is 0 Å². The summed E-state index contributed by atoms with van der Waals surface area (Å²) in [7, 11) is -4.29. The van der Waals surface area contributed by atoms with Crippen LogP contribution in [0.5, 0.6) is 5.75 Å².